The van der Waals surface area contributed by atoms with Crippen molar-refractivity contribution in [2.75, 3.05) is 18.5 Å². The Labute approximate surface area is 120 Å². The zero-order valence-electron chi connectivity index (χ0n) is 12.2. The highest BCUT2D eigenvalue weighted by Crippen LogP contribution is 2.33. The number of anilines is 2. The van der Waals surface area contributed by atoms with Gasteiger partial charge in [-0.1, -0.05) is 37.3 Å². The van der Waals surface area contributed by atoms with Gasteiger partial charge in [0.1, 0.15) is 5.82 Å². The summed E-state index contributed by atoms with van der Waals surface area (Å²) < 4.78 is 14.3. The summed E-state index contributed by atoms with van der Waals surface area (Å²) in [5.41, 5.74) is 2.58. The first-order chi connectivity index (χ1) is 9.65. The highest BCUT2D eigenvalue weighted by atomic mass is 19.1. The smallest absolute Gasteiger partial charge is 0.147 e. The molecule has 0 aromatic heterocycles. The first-order valence-electron chi connectivity index (χ1n) is 6.95. The molecule has 106 valence electrons. The Kier molecular flexibility index (Phi) is 4.74. The van der Waals surface area contributed by atoms with Crippen LogP contribution in [0, 0.1) is 5.82 Å². The summed E-state index contributed by atoms with van der Waals surface area (Å²) in [5.74, 6) is -0.196. The number of hydrogen-bond donors (Lipinski definition) is 1. The fourth-order valence-electron chi connectivity index (χ4n) is 2.43. The van der Waals surface area contributed by atoms with Gasteiger partial charge in [-0.05, 0) is 37.2 Å². The van der Waals surface area contributed by atoms with Gasteiger partial charge in [-0.25, -0.2) is 4.39 Å². The van der Waals surface area contributed by atoms with Gasteiger partial charge in [0.25, 0.3) is 0 Å². The first-order valence-corrected chi connectivity index (χ1v) is 6.95. The van der Waals surface area contributed by atoms with Crippen molar-refractivity contribution in [2.45, 2.75) is 19.9 Å². The van der Waals surface area contributed by atoms with Gasteiger partial charge in [0.15, 0.2) is 0 Å². The quantitative estimate of drug-likeness (QED) is 0.874. The van der Waals surface area contributed by atoms with Crippen molar-refractivity contribution in [3.8, 4) is 0 Å². The minimum atomic E-state index is -0.196. The van der Waals surface area contributed by atoms with Gasteiger partial charge in [0.05, 0.1) is 5.69 Å². The standard InChI is InChI=1S/C17H21FN2/c1-4-19-13(2)15-11-8-12-16(18)17(15)20(3)14-9-6-5-7-10-14/h5-13,19H,4H2,1-3H3. The molecule has 1 unspecified atom stereocenters. The van der Waals surface area contributed by atoms with Crippen LogP contribution in [0.15, 0.2) is 48.5 Å². The largest absolute Gasteiger partial charge is 0.342 e. The maximum Gasteiger partial charge on any atom is 0.147 e. The van der Waals surface area contributed by atoms with E-state index in [0.717, 1.165) is 17.8 Å². The van der Waals surface area contributed by atoms with Crippen LogP contribution >= 0.6 is 0 Å². The van der Waals surface area contributed by atoms with Crippen LogP contribution < -0.4 is 10.2 Å². The average molecular weight is 272 g/mol. The second-order valence-electron chi connectivity index (χ2n) is 4.85. The summed E-state index contributed by atoms with van der Waals surface area (Å²) in [6.45, 7) is 4.96. The van der Waals surface area contributed by atoms with Crippen molar-refractivity contribution < 1.29 is 4.39 Å². The van der Waals surface area contributed by atoms with Crippen LogP contribution in [-0.4, -0.2) is 13.6 Å². The highest BCUT2D eigenvalue weighted by molar-refractivity contribution is 5.67. The van der Waals surface area contributed by atoms with E-state index in [4.69, 9.17) is 0 Å². The molecule has 0 bridgehead atoms. The van der Waals surface area contributed by atoms with E-state index >= 15 is 0 Å². The minimum Gasteiger partial charge on any atom is -0.342 e. The molecule has 0 saturated heterocycles. The van der Waals surface area contributed by atoms with Gasteiger partial charge in [-0.3, -0.25) is 0 Å². The fourth-order valence-corrected chi connectivity index (χ4v) is 2.43. The van der Waals surface area contributed by atoms with E-state index < -0.39 is 0 Å². The first kappa shape index (κ1) is 14.5. The van der Waals surface area contributed by atoms with Crippen molar-refractivity contribution in [1.29, 1.82) is 0 Å². The van der Waals surface area contributed by atoms with Gasteiger partial charge in [0, 0.05) is 18.8 Å². The van der Waals surface area contributed by atoms with Crippen LogP contribution in [0.5, 0.6) is 0 Å². The molecule has 0 spiro atoms. The monoisotopic (exact) mass is 272 g/mol. The summed E-state index contributed by atoms with van der Waals surface area (Å²) in [5, 5.41) is 3.34. The number of rotatable bonds is 5. The van der Waals surface area contributed by atoms with Crippen molar-refractivity contribution in [2.24, 2.45) is 0 Å². The minimum absolute atomic E-state index is 0.108. The van der Waals surface area contributed by atoms with Crippen LogP contribution in [0.3, 0.4) is 0 Å². The molecule has 0 fully saturated rings. The maximum atomic E-state index is 14.3. The molecule has 0 aliphatic rings. The molecule has 0 aliphatic carbocycles. The van der Waals surface area contributed by atoms with E-state index in [1.54, 1.807) is 6.07 Å². The number of hydrogen-bond acceptors (Lipinski definition) is 2. The van der Waals surface area contributed by atoms with Gasteiger partial charge in [-0.2, -0.15) is 0 Å². The van der Waals surface area contributed by atoms with Crippen molar-refractivity contribution in [3.05, 3.63) is 59.9 Å². The molecule has 2 aromatic carbocycles. The molecule has 2 rings (SSSR count). The number of para-hydroxylation sites is 2. The van der Waals surface area contributed by atoms with Crippen LogP contribution in [0.25, 0.3) is 0 Å². The summed E-state index contributed by atoms with van der Waals surface area (Å²) in [4.78, 5) is 1.90. The Balaban J connectivity index is 2.44. The molecular weight excluding hydrogens is 251 g/mol. The third-order valence-electron chi connectivity index (χ3n) is 3.47. The lowest BCUT2D eigenvalue weighted by Crippen LogP contribution is -2.22. The SMILES string of the molecule is CCNC(C)c1cccc(F)c1N(C)c1ccccc1. The molecule has 0 aliphatic heterocycles. The normalized spacial score (nSPS) is 12.2. The molecule has 0 saturated carbocycles. The predicted molar refractivity (Wildman–Crippen MR) is 83.0 cm³/mol. The molecule has 20 heavy (non-hydrogen) atoms. The second kappa shape index (κ2) is 6.53. The van der Waals surface area contributed by atoms with Gasteiger partial charge < -0.3 is 10.2 Å². The molecule has 2 aromatic rings. The highest BCUT2D eigenvalue weighted by Gasteiger charge is 2.17. The van der Waals surface area contributed by atoms with E-state index in [0.29, 0.717) is 5.69 Å². The Hall–Kier alpha value is -1.87. The van der Waals surface area contributed by atoms with Crippen molar-refractivity contribution in [3.63, 3.8) is 0 Å². The van der Waals surface area contributed by atoms with Gasteiger partial charge in [0.2, 0.25) is 0 Å². The lowest BCUT2D eigenvalue weighted by Gasteiger charge is -2.26. The van der Waals surface area contributed by atoms with Crippen molar-refractivity contribution in [1.82, 2.24) is 5.32 Å². The molecule has 2 nitrogen and oxygen atoms in total. The average Bonchev–Trinajstić information content (AvgIpc) is 2.47. The summed E-state index contributed by atoms with van der Waals surface area (Å²) in [7, 11) is 1.90. The van der Waals surface area contributed by atoms with Crippen molar-refractivity contribution >= 4 is 11.4 Å². The molecule has 1 N–H and O–H groups in total. The predicted octanol–water partition coefficient (Wildman–Crippen LogP) is 4.26. The zero-order chi connectivity index (χ0) is 14.5. The molecule has 0 radical (unpaired) electrons. The van der Waals surface area contributed by atoms with Crippen LogP contribution in [0.2, 0.25) is 0 Å². The van der Waals surface area contributed by atoms with E-state index in [2.05, 4.69) is 19.2 Å². The maximum absolute atomic E-state index is 14.3. The Morgan fingerprint density at radius 2 is 1.80 bits per heavy atom. The molecule has 3 heteroatoms. The van der Waals surface area contributed by atoms with Gasteiger partial charge >= 0.3 is 0 Å². The number of halogens is 1. The van der Waals surface area contributed by atoms with Crippen LogP contribution in [-0.2, 0) is 0 Å². The van der Waals surface area contributed by atoms with Gasteiger partial charge in [-0.15, -0.1) is 0 Å². The lowest BCUT2D eigenvalue weighted by atomic mass is 10.0. The number of benzene rings is 2. The molecule has 0 amide bonds. The molecular formula is C17H21FN2. The van der Waals surface area contributed by atoms with E-state index in [1.165, 1.54) is 6.07 Å². The molecule has 0 heterocycles. The van der Waals surface area contributed by atoms with E-state index in [9.17, 15) is 4.39 Å². The fraction of sp³-hybridized carbons (Fsp3) is 0.294. The third-order valence-corrected chi connectivity index (χ3v) is 3.47. The Bertz CT molecular complexity index is 554. The third kappa shape index (κ3) is 2.99. The molecule has 1 atom stereocenters. The van der Waals surface area contributed by atoms with E-state index in [-0.39, 0.29) is 11.9 Å². The zero-order valence-corrected chi connectivity index (χ0v) is 12.2. The Morgan fingerprint density at radius 3 is 2.45 bits per heavy atom. The Morgan fingerprint density at radius 1 is 1.10 bits per heavy atom. The van der Waals surface area contributed by atoms with E-state index in [1.807, 2.05) is 48.3 Å². The summed E-state index contributed by atoms with van der Waals surface area (Å²) >= 11 is 0. The summed E-state index contributed by atoms with van der Waals surface area (Å²) in [6, 6.07) is 15.2. The van der Waals surface area contributed by atoms with Crippen LogP contribution in [0.4, 0.5) is 15.8 Å². The number of nitrogens with one attached hydrogen (secondary N) is 1. The van der Waals surface area contributed by atoms with Crippen LogP contribution in [0.1, 0.15) is 25.5 Å². The lowest BCUT2D eigenvalue weighted by molar-refractivity contribution is 0.583. The summed E-state index contributed by atoms with van der Waals surface area (Å²) in [6.07, 6.45) is 0. The topological polar surface area (TPSA) is 15.3 Å². The number of nitrogens with zero attached hydrogens (tertiary/aromatic N) is 1. The second-order valence-corrected chi connectivity index (χ2v) is 4.85.